The lowest BCUT2D eigenvalue weighted by molar-refractivity contribution is -0.117. The molecule has 1 N–H and O–H groups in total. The van der Waals surface area contributed by atoms with Crippen molar-refractivity contribution in [1.82, 2.24) is 0 Å². The first kappa shape index (κ1) is 16.5. The SMILES string of the molecule is O=C(/C=C/c1ccc(N2CCCC2=O)cc1)Nc1ccc(Br)cc1. The molecule has 24 heavy (non-hydrogen) atoms. The van der Waals surface area contributed by atoms with Gasteiger partial charge in [0.1, 0.15) is 0 Å². The first-order chi connectivity index (χ1) is 11.6. The number of nitrogens with one attached hydrogen (secondary N) is 1. The summed E-state index contributed by atoms with van der Waals surface area (Å²) in [4.78, 5) is 25.5. The van der Waals surface area contributed by atoms with Crippen molar-refractivity contribution in [3.63, 3.8) is 0 Å². The van der Waals surface area contributed by atoms with E-state index in [9.17, 15) is 9.59 Å². The quantitative estimate of drug-likeness (QED) is 0.801. The van der Waals surface area contributed by atoms with Crippen LogP contribution in [0, 0.1) is 0 Å². The van der Waals surface area contributed by atoms with Gasteiger partial charge < -0.3 is 10.2 Å². The van der Waals surface area contributed by atoms with Crippen molar-refractivity contribution in [1.29, 1.82) is 0 Å². The van der Waals surface area contributed by atoms with Gasteiger partial charge in [-0.3, -0.25) is 9.59 Å². The summed E-state index contributed by atoms with van der Waals surface area (Å²) >= 11 is 3.36. The number of carbonyl (C=O) groups is 2. The minimum atomic E-state index is -0.184. The van der Waals surface area contributed by atoms with Crippen LogP contribution >= 0.6 is 15.9 Å². The predicted molar refractivity (Wildman–Crippen MR) is 99.8 cm³/mol. The van der Waals surface area contributed by atoms with Crippen LogP contribution in [0.3, 0.4) is 0 Å². The van der Waals surface area contributed by atoms with Gasteiger partial charge in [-0.15, -0.1) is 0 Å². The highest BCUT2D eigenvalue weighted by molar-refractivity contribution is 9.10. The number of benzene rings is 2. The van der Waals surface area contributed by atoms with Crippen molar-refractivity contribution in [2.24, 2.45) is 0 Å². The molecule has 0 bridgehead atoms. The lowest BCUT2D eigenvalue weighted by Gasteiger charge is -2.15. The highest BCUT2D eigenvalue weighted by Crippen LogP contribution is 2.22. The third-order valence-electron chi connectivity index (χ3n) is 3.82. The minimum Gasteiger partial charge on any atom is -0.323 e. The van der Waals surface area contributed by atoms with Gasteiger partial charge in [-0.1, -0.05) is 28.1 Å². The molecule has 1 saturated heterocycles. The van der Waals surface area contributed by atoms with E-state index in [-0.39, 0.29) is 11.8 Å². The number of nitrogens with zero attached hydrogens (tertiary/aromatic N) is 1. The standard InChI is InChI=1S/C19H17BrN2O2/c20-15-6-8-16(9-7-15)21-18(23)12-5-14-3-10-17(11-4-14)22-13-1-2-19(22)24/h3-12H,1-2,13H2,(H,21,23)/b12-5+. The van der Waals surface area contributed by atoms with Crippen molar-refractivity contribution in [2.45, 2.75) is 12.8 Å². The van der Waals surface area contributed by atoms with Crippen LogP contribution in [0.15, 0.2) is 59.1 Å². The van der Waals surface area contributed by atoms with E-state index in [1.807, 2.05) is 48.5 Å². The van der Waals surface area contributed by atoms with E-state index in [1.165, 1.54) is 6.08 Å². The minimum absolute atomic E-state index is 0.173. The fourth-order valence-electron chi connectivity index (χ4n) is 2.58. The molecule has 122 valence electrons. The summed E-state index contributed by atoms with van der Waals surface area (Å²) in [5.74, 6) is -0.0108. The zero-order chi connectivity index (χ0) is 16.9. The zero-order valence-corrected chi connectivity index (χ0v) is 14.6. The highest BCUT2D eigenvalue weighted by Gasteiger charge is 2.21. The van der Waals surface area contributed by atoms with E-state index >= 15 is 0 Å². The van der Waals surface area contributed by atoms with Gasteiger partial charge in [0, 0.05) is 34.9 Å². The highest BCUT2D eigenvalue weighted by atomic mass is 79.9. The molecule has 2 amide bonds. The number of rotatable bonds is 4. The molecule has 1 heterocycles. The van der Waals surface area contributed by atoms with Crippen molar-refractivity contribution < 1.29 is 9.59 Å². The lowest BCUT2D eigenvalue weighted by Crippen LogP contribution is -2.23. The number of hydrogen-bond acceptors (Lipinski definition) is 2. The monoisotopic (exact) mass is 384 g/mol. The van der Waals surface area contributed by atoms with Gasteiger partial charge in [0.15, 0.2) is 0 Å². The third kappa shape index (κ3) is 4.11. The Morgan fingerprint density at radius 3 is 2.42 bits per heavy atom. The molecule has 0 atom stereocenters. The molecule has 0 radical (unpaired) electrons. The number of amides is 2. The van der Waals surface area contributed by atoms with Crippen molar-refractivity contribution in [3.8, 4) is 0 Å². The van der Waals surface area contributed by atoms with Gasteiger partial charge in [-0.2, -0.15) is 0 Å². The van der Waals surface area contributed by atoms with Crippen LogP contribution in [0.25, 0.3) is 6.08 Å². The fourth-order valence-corrected chi connectivity index (χ4v) is 2.84. The van der Waals surface area contributed by atoms with Gasteiger partial charge in [-0.25, -0.2) is 0 Å². The van der Waals surface area contributed by atoms with Crippen LogP contribution < -0.4 is 10.2 Å². The average Bonchev–Trinajstić information content (AvgIpc) is 3.02. The predicted octanol–water partition coefficient (Wildman–Crippen LogP) is 4.23. The summed E-state index contributed by atoms with van der Waals surface area (Å²) in [6.07, 6.45) is 4.79. The Morgan fingerprint density at radius 2 is 1.79 bits per heavy atom. The number of carbonyl (C=O) groups excluding carboxylic acids is 2. The summed E-state index contributed by atoms with van der Waals surface area (Å²) in [6, 6.07) is 15.0. The maximum atomic E-state index is 11.9. The van der Waals surface area contributed by atoms with E-state index in [0.717, 1.165) is 34.4 Å². The third-order valence-corrected chi connectivity index (χ3v) is 4.35. The van der Waals surface area contributed by atoms with Crippen molar-refractivity contribution >= 4 is 45.2 Å². The average molecular weight is 385 g/mol. The first-order valence-electron chi connectivity index (χ1n) is 7.77. The van der Waals surface area contributed by atoms with Gasteiger partial charge in [-0.05, 0) is 54.5 Å². The van der Waals surface area contributed by atoms with Crippen LogP contribution in [-0.2, 0) is 9.59 Å². The molecule has 0 saturated carbocycles. The van der Waals surface area contributed by atoms with Crippen LogP contribution in [0.2, 0.25) is 0 Å². The molecule has 2 aromatic carbocycles. The molecule has 0 aliphatic carbocycles. The van der Waals surface area contributed by atoms with Crippen molar-refractivity contribution in [3.05, 3.63) is 64.6 Å². The molecular formula is C19H17BrN2O2. The van der Waals surface area contributed by atoms with Gasteiger partial charge in [0.05, 0.1) is 0 Å². The molecule has 0 spiro atoms. The van der Waals surface area contributed by atoms with E-state index in [1.54, 1.807) is 11.0 Å². The lowest BCUT2D eigenvalue weighted by atomic mass is 10.2. The summed E-state index contributed by atoms with van der Waals surface area (Å²) in [6.45, 7) is 0.781. The van der Waals surface area contributed by atoms with Gasteiger partial charge >= 0.3 is 0 Å². The van der Waals surface area contributed by atoms with E-state index in [0.29, 0.717) is 6.42 Å². The zero-order valence-electron chi connectivity index (χ0n) is 13.0. The Labute approximate surface area is 149 Å². The maximum Gasteiger partial charge on any atom is 0.248 e. The summed E-state index contributed by atoms with van der Waals surface area (Å²) in [5.41, 5.74) is 2.57. The first-order valence-corrected chi connectivity index (χ1v) is 8.56. The van der Waals surface area contributed by atoms with E-state index in [2.05, 4.69) is 21.2 Å². The van der Waals surface area contributed by atoms with E-state index < -0.39 is 0 Å². The molecule has 4 nitrogen and oxygen atoms in total. The smallest absolute Gasteiger partial charge is 0.248 e. The summed E-state index contributed by atoms with van der Waals surface area (Å²) in [5, 5.41) is 2.80. The van der Waals surface area contributed by atoms with Gasteiger partial charge in [0.25, 0.3) is 0 Å². The molecule has 1 fully saturated rings. The molecule has 0 aromatic heterocycles. The van der Waals surface area contributed by atoms with Crippen LogP contribution in [0.5, 0.6) is 0 Å². The normalized spacial score (nSPS) is 14.4. The fraction of sp³-hybridized carbons (Fsp3) is 0.158. The molecule has 5 heteroatoms. The topological polar surface area (TPSA) is 49.4 Å². The van der Waals surface area contributed by atoms with E-state index in [4.69, 9.17) is 0 Å². The Hall–Kier alpha value is -2.40. The van der Waals surface area contributed by atoms with Crippen LogP contribution in [-0.4, -0.2) is 18.4 Å². The van der Waals surface area contributed by atoms with Crippen molar-refractivity contribution in [2.75, 3.05) is 16.8 Å². The Balaban J connectivity index is 1.60. The van der Waals surface area contributed by atoms with Crippen LogP contribution in [0.1, 0.15) is 18.4 Å². The molecule has 1 aliphatic heterocycles. The summed E-state index contributed by atoms with van der Waals surface area (Å²) in [7, 11) is 0. The summed E-state index contributed by atoms with van der Waals surface area (Å²) < 4.78 is 0.965. The second kappa shape index (κ2) is 7.45. The molecule has 3 rings (SSSR count). The Kier molecular flexibility index (Phi) is 5.11. The molecule has 0 unspecified atom stereocenters. The number of halogens is 1. The number of anilines is 2. The maximum absolute atomic E-state index is 11.9. The molecule has 1 aliphatic rings. The Morgan fingerprint density at radius 1 is 1.08 bits per heavy atom. The van der Waals surface area contributed by atoms with Gasteiger partial charge in [0.2, 0.25) is 11.8 Å². The number of hydrogen-bond donors (Lipinski definition) is 1. The van der Waals surface area contributed by atoms with Crippen LogP contribution in [0.4, 0.5) is 11.4 Å². The second-order valence-corrected chi connectivity index (χ2v) is 6.49. The molecular weight excluding hydrogens is 368 g/mol. The largest absolute Gasteiger partial charge is 0.323 e. The molecule has 2 aromatic rings. The second-order valence-electron chi connectivity index (χ2n) is 5.57. The Bertz CT molecular complexity index is 767.